The van der Waals surface area contributed by atoms with Crippen LogP contribution in [0.1, 0.15) is 26.7 Å². The van der Waals surface area contributed by atoms with Gasteiger partial charge in [0.25, 0.3) is 0 Å². The first-order valence-electron chi connectivity index (χ1n) is 8.24. The van der Waals surface area contributed by atoms with Crippen molar-refractivity contribution in [3.05, 3.63) is 0 Å². The summed E-state index contributed by atoms with van der Waals surface area (Å²) in [7, 11) is 0. The Morgan fingerprint density at radius 3 is 2.73 bits per heavy atom. The Bertz CT molecular complexity index is 468. The summed E-state index contributed by atoms with van der Waals surface area (Å²) in [5.41, 5.74) is 0. The quantitative estimate of drug-likeness (QED) is 0.746. The molecule has 0 saturated carbocycles. The third kappa shape index (κ3) is 3.94. The molecule has 7 heteroatoms. The molecule has 3 rings (SSSR count). The molecular weight excluding hydrogens is 300 g/mol. The molecule has 1 aromatic heterocycles. The number of nitrogens with zero attached hydrogens (tertiary/aromatic N) is 4. The molecular formula is C15H26N4O2S. The molecule has 0 spiro atoms. The lowest BCUT2D eigenvalue weighted by Gasteiger charge is -2.28. The van der Waals surface area contributed by atoms with Gasteiger partial charge < -0.3 is 14.4 Å². The molecule has 6 nitrogen and oxygen atoms in total. The molecule has 22 heavy (non-hydrogen) atoms. The van der Waals surface area contributed by atoms with Crippen LogP contribution in [0.15, 0.2) is 5.16 Å². The van der Waals surface area contributed by atoms with Crippen LogP contribution in [0.25, 0.3) is 0 Å². The van der Waals surface area contributed by atoms with Crippen molar-refractivity contribution in [2.24, 2.45) is 5.92 Å². The summed E-state index contributed by atoms with van der Waals surface area (Å²) < 4.78 is 13.5. The highest BCUT2D eigenvalue weighted by molar-refractivity contribution is 7.99. The lowest BCUT2D eigenvalue weighted by Crippen LogP contribution is -2.38. The highest BCUT2D eigenvalue weighted by Crippen LogP contribution is 2.26. The van der Waals surface area contributed by atoms with Crippen molar-refractivity contribution in [1.82, 2.24) is 14.8 Å². The zero-order chi connectivity index (χ0) is 15.4. The Labute approximate surface area is 136 Å². The van der Waals surface area contributed by atoms with E-state index in [1.807, 2.05) is 0 Å². The van der Waals surface area contributed by atoms with Gasteiger partial charge in [0, 0.05) is 25.4 Å². The maximum absolute atomic E-state index is 5.82. The fourth-order valence-electron chi connectivity index (χ4n) is 2.78. The Morgan fingerprint density at radius 2 is 2.05 bits per heavy atom. The van der Waals surface area contributed by atoms with Gasteiger partial charge in [-0.2, -0.15) is 0 Å². The van der Waals surface area contributed by atoms with Crippen molar-refractivity contribution >= 4 is 17.7 Å². The number of hydrogen-bond acceptors (Lipinski definition) is 6. The van der Waals surface area contributed by atoms with E-state index in [2.05, 4.69) is 33.5 Å². The van der Waals surface area contributed by atoms with Crippen LogP contribution in [0.3, 0.4) is 0 Å². The lowest BCUT2D eigenvalue weighted by atomic mass is 10.2. The molecule has 0 N–H and O–H groups in total. The Kier molecular flexibility index (Phi) is 5.60. The average Bonchev–Trinajstić information content (AvgIpc) is 3.16. The van der Waals surface area contributed by atoms with Gasteiger partial charge in [-0.05, 0) is 18.8 Å². The van der Waals surface area contributed by atoms with Crippen LogP contribution in [0.2, 0.25) is 0 Å². The second kappa shape index (κ2) is 7.66. The largest absolute Gasteiger partial charge is 0.378 e. The molecule has 3 heterocycles. The zero-order valence-electron chi connectivity index (χ0n) is 13.5. The van der Waals surface area contributed by atoms with Crippen molar-refractivity contribution in [1.29, 1.82) is 0 Å². The van der Waals surface area contributed by atoms with E-state index in [-0.39, 0.29) is 0 Å². The maximum Gasteiger partial charge on any atom is 0.228 e. The molecule has 2 fully saturated rings. The molecule has 2 saturated heterocycles. The third-order valence-electron chi connectivity index (χ3n) is 3.95. The van der Waals surface area contributed by atoms with Crippen molar-refractivity contribution < 1.29 is 9.47 Å². The monoisotopic (exact) mass is 326 g/mol. The van der Waals surface area contributed by atoms with Gasteiger partial charge in [0.2, 0.25) is 5.95 Å². The summed E-state index contributed by atoms with van der Waals surface area (Å²) >= 11 is 1.80. The first-order chi connectivity index (χ1) is 10.7. The average molecular weight is 326 g/mol. The highest BCUT2D eigenvalue weighted by Gasteiger charge is 2.24. The summed E-state index contributed by atoms with van der Waals surface area (Å²) in [6.45, 7) is 9.52. The SMILES string of the molecule is CC(C)CSc1nnc(N2CCOCC2)n1C[C@H]1CCCO1. The first-order valence-corrected chi connectivity index (χ1v) is 9.23. The Morgan fingerprint density at radius 1 is 1.23 bits per heavy atom. The number of aromatic nitrogens is 3. The van der Waals surface area contributed by atoms with E-state index >= 15 is 0 Å². The van der Waals surface area contributed by atoms with Crippen LogP contribution in [-0.2, 0) is 16.0 Å². The predicted molar refractivity (Wildman–Crippen MR) is 87.6 cm³/mol. The summed E-state index contributed by atoms with van der Waals surface area (Å²) in [6, 6.07) is 0. The number of ether oxygens (including phenoxy) is 2. The number of rotatable bonds is 6. The number of anilines is 1. The molecule has 1 aromatic rings. The smallest absolute Gasteiger partial charge is 0.228 e. The predicted octanol–water partition coefficient (Wildman–Crippen LogP) is 2.04. The minimum Gasteiger partial charge on any atom is -0.378 e. The van der Waals surface area contributed by atoms with Gasteiger partial charge in [-0.3, -0.25) is 4.57 Å². The highest BCUT2D eigenvalue weighted by atomic mass is 32.2. The van der Waals surface area contributed by atoms with Gasteiger partial charge >= 0.3 is 0 Å². The first kappa shape index (κ1) is 16.1. The molecule has 1 atom stereocenters. The van der Waals surface area contributed by atoms with Crippen LogP contribution >= 0.6 is 11.8 Å². The van der Waals surface area contributed by atoms with E-state index in [9.17, 15) is 0 Å². The summed E-state index contributed by atoms with van der Waals surface area (Å²) in [5.74, 6) is 2.68. The summed E-state index contributed by atoms with van der Waals surface area (Å²) in [5, 5.41) is 9.93. The van der Waals surface area contributed by atoms with Gasteiger partial charge in [0.15, 0.2) is 5.16 Å². The normalized spacial score (nSPS) is 22.7. The second-order valence-electron chi connectivity index (χ2n) is 6.33. The van der Waals surface area contributed by atoms with Crippen molar-refractivity contribution in [3.8, 4) is 0 Å². The number of morpholine rings is 1. The molecule has 2 aliphatic heterocycles. The fourth-order valence-corrected chi connectivity index (χ4v) is 3.67. The molecule has 2 aliphatic rings. The molecule has 0 radical (unpaired) electrons. The fraction of sp³-hybridized carbons (Fsp3) is 0.867. The zero-order valence-corrected chi connectivity index (χ0v) is 14.3. The van der Waals surface area contributed by atoms with Gasteiger partial charge in [0.1, 0.15) is 0 Å². The minimum atomic E-state index is 0.300. The van der Waals surface area contributed by atoms with Crippen molar-refractivity contribution in [2.75, 3.05) is 43.6 Å². The van der Waals surface area contributed by atoms with Crippen LogP contribution < -0.4 is 4.90 Å². The number of thioether (sulfide) groups is 1. The standard InChI is InChI=1S/C15H26N4O2S/c1-12(2)11-22-15-17-16-14(18-5-8-20-9-6-18)19(15)10-13-4-3-7-21-13/h12-13H,3-11H2,1-2H3/t13-/m1/s1. The van der Waals surface area contributed by atoms with E-state index in [0.717, 1.165) is 69.2 Å². The van der Waals surface area contributed by atoms with Crippen molar-refractivity contribution in [3.63, 3.8) is 0 Å². The van der Waals surface area contributed by atoms with Gasteiger partial charge in [-0.1, -0.05) is 25.6 Å². The number of hydrogen-bond donors (Lipinski definition) is 0. The van der Waals surface area contributed by atoms with E-state index in [0.29, 0.717) is 12.0 Å². The van der Waals surface area contributed by atoms with Crippen molar-refractivity contribution in [2.45, 2.75) is 44.5 Å². The molecule has 0 bridgehead atoms. The molecule has 124 valence electrons. The van der Waals surface area contributed by atoms with Crippen LogP contribution in [0.5, 0.6) is 0 Å². The van der Waals surface area contributed by atoms with Gasteiger partial charge in [-0.15, -0.1) is 10.2 Å². The third-order valence-corrected chi connectivity index (χ3v) is 5.34. The molecule has 0 unspecified atom stereocenters. The lowest BCUT2D eigenvalue weighted by molar-refractivity contribution is 0.0942. The van der Waals surface area contributed by atoms with Gasteiger partial charge in [-0.25, -0.2) is 0 Å². The molecule has 0 aromatic carbocycles. The molecule has 0 amide bonds. The summed E-state index contributed by atoms with van der Waals surface area (Å²) in [6.07, 6.45) is 2.59. The van der Waals surface area contributed by atoms with Crippen LogP contribution in [0.4, 0.5) is 5.95 Å². The maximum atomic E-state index is 5.82. The van der Waals surface area contributed by atoms with E-state index in [1.54, 1.807) is 11.8 Å². The van der Waals surface area contributed by atoms with E-state index in [4.69, 9.17) is 9.47 Å². The van der Waals surface area contributed by atoms with Crippen LogP contribution in [-0.4, -0.2) is 59.5 Å². The van der Waals surface area contributed by atoms with E-state index in [1.165, 1.54) is 0 Å². The Balaban J connectivity index is 1.77. The summed E-state index contributed by atoms with van der Waals surface area (Å²) in [4.78, 5) is 2.28. The topological polar surface area (TPSA) is 52.4 Å². The Hall–Kier alpha value is -0.790. The van der Waals surface area contributed by atoms with E-state index < -0.39 is 0 Å². The second-order valence-corrected chi connectivity index (χ2v) is 7.32. The minimum absolute atomic E-state index is 0.300. The molecule has 0 aliphatic carbocycles. The van der Waals surface area contributed by atoms with Crippen LogP contribution in [0, 0.1) is 5.92 Å². The van der Waals surface area contributed by atoms with Gasteiger partial charge in [0.05, 0.1) is 25.9 Å².